The molecule has 4 nitrogen and oxygen atoms in total. The van der Waals surface area contributed by atoms with Crippen molar-refractivity contribution in [3.05, 3.63) is 75.9 Å². The summed E-state index contributed by atoms with van der Waals surface area (Å²) in [4.78, 5) is 12.5. The van der Waals surface area contributed by atoms with Crippen molar-refractivity contribution in [3.63, 3.8) is 0 Å². The molecule has 0 saturated carbocycles. The van der Waals surface area contributed by atoms with Crippen molar-refractivity contribution in [2.45, 2.75) is 39.0 Å². The van der Waals surface area contributed by atoms with Gasteiger partial charge in [-0.3, -0.25) is 0 Å². The Morgan fingerprint density at radius 2 is 1.87 bits per heavy atom. The third-order valence-corrected chi connectivity index (χ3v) is 6.86. The van der Waals surface area contributed by atoms with Crippen molar-refractivity contribution in [2.75, 3.05) is 12.4 Å². The molecule has 1 N–H and O–H groups in total. The second-order valence-corrected chi connectivity index (χ2v) is 8.95. The first kappa shape index (κ1) is 19.1. The molecule has 0 amide bonds. The van der Waals surface area contributed by atoms with Crippen LogP contribution in [0.25, 0.3) is 10.2 Å². The zero-order chi connectivity index (χ0) is 20.5. The van der Waals surface area contributed by atoms with Gasteiger partial charge in [0.1, 0.15) is 22.2 Å². The van der Waals surface area contributed by atoms with Gasteiger partial charge in [-0.25, -0.2) is 9.97 Å². The molecule has 0 atom stereocenters. The maximum Gasteiger partial charge on any atom is 0.143 e. The number of hydrogen-bond donors (Lipinski definition) is 1. The lowest BCUT2D eigenvalue weighted by Crippen LogP contribution is -2.05. The maximum absolute atomic E-state index is 5.60. The molecular formula is C25H25N3OS. The second-order valence-electron chi connectivity index (χ2n) is 7.87. The summed E-state index contributed by atoms with van der Waals surface area (Å²) in [5.41, 5.74) is 4.78. The van der Waals surface area contributed by atoms with Gasteiger partial charge >= 0.3 is 0 Å². The van der Waals surface area contributed by atoms with Gasteiger partial charge in [-0.2, -0.15) is 0 Å². The Balaban J connectivity index is 1.64. The molecule has 2 heterocycles. The molecule has 5 heteroatoms. The van der Waals surface area contributed by atoms with E-state index >= 15 is 0 Å². The van der Waals surface area contributed by atoms with Gasteiger partial charge in [0.15, 0.2) is 0 Å². The molecule has 2 aromatic heterocycles. The average Bonchev–Trinajstić information content (AvgIpc) is 3.13. The average molecular weight is 416 g/mol. The largest absolute Gasteiger partial charge is 0.495 e. The minimum absolute atomic E-state index is 0.721. The Labute approximate surface area is 181 Å². The Hall–Kier alpha value is -2.92. The molecule has 0 bridgehead atoms. The number of hydrogen-bond acceptors (Lipinski definition) is 5. The molecule has 0 spiro atoms. The highest BCUT2D eigenvalue weighted by Crippen LogP contribution is 2.40. The Morgan fingerprint density at radius 3 is 2.70 bits per heavy atom. The fourth-order valence-electron chi connectivity index (χ4n) is 4.20. The van der Waals surface area contributed by atoms with E-state index in [1.165, 1.54) is 39.8 Å². The molecule has 0 unspecified atom stereocenters. The first-order valence-electron chi connectivity index (χ1n) is 10.5. The van der Waals surface area contributed by atoms with Crippen LogP contribution in [0.3, 0.4) is 0 Å². The predicted octanol–water partition coefficient (Wildman–Crippen LogP) is 6.22. The summed E-state index contributed by atoms with van der Waals surface area (Å²) in [5, 5.41) is 4.79. The molecule has 30 heavy (non-hydrogen) atoms. The summed E-state index contributed by atoms with van der Waals surface area (Å²) < 4.78 is 5.60. The molecule has 0 aliphatic heterocycles. The lowest BCUT2D eigenvalue weighted by molar-refractivity contribution is 0.416. The normalized spacial score (nSPS) is 13.3. The predicted molar refractivity (Wildman–Crippen MR) is 124 cm³/mol. The van der Waals surface area contributed by atoms with Crippen molar-refractivity contribution >= 4 is 33.1 Å². The van der Waals surface area contributed by atoms with E-state index in [1.807, 2.05) is 23.5 Å². The molecule has 5 rings (SSSR count). The first-order valence-corrected chi connectivity index (χ1v) is 11.3. The summed E-state index contributed by atoms with van der Waals surface area (Å²) in [5.74, 6) is 2.57. The molecular weight excluding hydrogens is 390 g/mol. The second kappa shape index (κ2) is 8.07. The van der Waals surface area contributed by atoms with Gasteiger partial charge in [-0.1, -0.05) is 36.4 Å². The summed E-state index contributed by atoms with van der Waals surface area (Å²) in [6, 6.07) is 16.6. The first-order chi connectivity index (χ1) is 14.7. The van der Waals surface area contributed by atoms with Crippen molar-refractivity contribution in [1.29, 1.82) is 0 Å². The van der Waals surface area contributed by atoms with E-state index in [2.05, 4.69) is 48.6 Å². The number of aryl methyl sites for hydroxylation is 3. The number of nitrogens with zero attached hydrogens (tertiary/aromatic N) is 2. The molecule has 0 radical (unpaired) electrons. The molecule has 152 valence electrons. The summed E-state index contributed by atoms with van der Waals surface area (Å²) >= 11 is 1.84. The minimum atomic E-state index is 0.721. The number of ether oxygens (including phenoxy) is 1. The SMILES string of the molecule is COc1ccc(C)cc1Nc1nc(Cc2ccccc2)nc2sc3c(c12)CCCC3. The van der Waals surface area contributed by atoms with E-state index in [4.69, 9.17) is 14.7 Å². The van der Waals surface area contributed by atoms with Gasteiger partial charge in [0.05, 0.1) is 18.2 Å². The van der Waals surface area contributed by atoms with E-state index in [0.29, 0.717) is 0 Å². The van der Waals surface area contributed by atoms with Crippen molar-refractivity contribution < 1.29 is 4.74 Å². The van der Waals surface area contributed by atoms with Gasteiger partial charge < -0.3 is 10.1 Å². The quantitative estimate of drug-likeness (QED) is 0.420. The van der Waals surface area contributed by atoms with E-state index in [-0.39, 0.29) is 0 Å². The lowest BCUT2D eigenvalue weighted by atomic mass is 9.97. The van der Waals surface area contributed by atoms with E-state index < -0.39 is 0 Å². The van der Waals surface area contributed by atoms with Crippen LogP contribution in [0, 0.1) is 6.92 Å². The van der Waals surface area contributed by atoms with E-state index in [0.717, 1.165) is 47.2 Å². The number of nitrogens with one attached hydrogen (secondary N) is 1. The molecule has 2 aromatic carbocycles. The van der Waals surface area contributed by atoms with Gasteiger partial charge in [0.25, 0.3) is 0 Å². The fraction of sp³-hybridized carbons (Fsp3) is 0.280. The zero-order valence-corrected chi connectivity index (χ0v) is 18.2. The number of fused-ring (bicyclic) bond motifs is 3. The van der Waals surface area contributed by atoms with Crippen LogP contribution in [0.4, 0.5) is 11.5 Å². The summed E-state index contributed by atoms with van der Waals surface area (Å²) in [7, 11) is 1.71. The number of anilines is 2. The third-order valence-electron chi connectivity index (χ3n) is 5.67. The van der Waals surface area contributed by atoms with Crippen LogP contribution in [-0.2, 0) is 19.3 Å². The monoisotopic (exact) mass is 415 g/mol. The molecule has 0 fully saturated rings. The van der Waals surface area contributed by atoms with E-state index in [1.54, 1.807) is 7.11 Å². The Kier molecular flexibility index (Phi) is 5.13. The molecule has 4 aromatic rings. The minimum Gasteiger partial charge on any atom is -0.495 e. The van der Waals surface area contributed by atoms with E-state index in [9.17, 15) is 0 Å². The van der Waals surface area contributed by atoms with Crippen LogP contribution in [0.5, 0.6) is 5.75 Å². The third kappa shape index (κ3) is 3.65. The highest BCUT2D eigenvalue weighted by molar-refractivity contribution is 7.19. The highest BCUT2D eigenvalue weighted by Gasteiger charge is 2.22. The highest BCUT2D eigenvalue weighted by atomic mass is 32.1. The smallest absolute Gasteiger partial charge is 0.143 e. The van der Waals surface area contributed by atoms with Crippen LogP contribution in [0.2, 0.25) is 0 Å². The topological polar surface area (TPSA) is 47.0 Å². The number of rotatable bonds is 5. The van der Waals surface area contributed by atoms with Crippen molar-refractivity contribution in [3.8, 4) is 5.75 Å². The standard InChI is InChI=1S/C25H25N3OS/c1-16-12-13-20(29-2)19(14-16)26-24-23-18-10-6-7-11-21(18)30-25(23)28-22(27-24)15-17-8-4-3-5-9-17/h3-5,8-9,12-14H,6-7,10-11,15H2,1-2H3,(H,26,27,28). The van der Waals surface area contributed by atoms with Crippen LogP contribution in [0.1, 0.15) is 40.2 Å². The number of aromatic nitrogens is 2. The van der Waals surface area contributed by atoms with Crippen LogP contribution in [0.15, 0.2) is 48.5 Å². The zero-order valence-electron chi connectivity index (χ0n) is 17.4. The van der Waals surface area contributed by atoms with Crippen molar-refractivity contribution in [1.82, 2.24) is 9.97 Å². The van der Waals surface area contributed by atoms with Gasteiger partial charge in [-0.05, 0) is 61.4 Å². The van der Waals surface area contributed by atoms with Crippen LogP contribution >= 0.6 is 11.3 Å². The summed E-state index contributed by atoms with van der Waals surface area (Å²) in [6.07, 6.45) is 5.48. The molecule has 0 saturated heterocycles. The summed E-state index contributed by atoms with van der Waals surface area (Å²) in [6.45, 7) is 2.09. The van der Waals surface area contributed by atoms with Gasteiger partial charge in [-0.15, -0.1) is 11.3 Å². The van der Waals surface area contributed by atoms with Gasteiger partial charge in [0.2, 0.25) is 0 Å². The number of benzene rings is 2. The lowest BCUT2D eigenvalue weighted by Gasteiger charge is -2.15. The Morgan fingerprint density at radius 1 is 1.03 bits per heavy atom. The fourth-order valence-corrected chi connectivity index (χ4v) is 5.48. The van der Waals surface area contributed by atoms with Crippen molar-refractivity contribution in [2.24, 2.45) is 0 Å². The van der Waals surface area contributed by atoms with Crippen LogP contribution < -0.4 is 10.1 Å². The number of thiophene rings is 1. The molecule has 1 aliphatic carbocycles. The van der Waals surface area contributed by atoms with Gasteiger partial charge in [0, 0.05) is 11.3 Å². The number of methoxy groups -OCH3 is 1. The van der Waals surface area contributed by atoms with Crippen LogP contribution in [-0.4, -0.2) is 17.1 Å². The maximum atomic E-state index is 5.60. The Bertz CT molecular complexity index is 1200. The molecule has 1 aliphatic rings.